The first-order chi connectivity index (χ1) is 13.8. The van der Waals surface area contributed by atoms with Crippen LogP contribution in [0.5, 0.6) is 0 Å². The molecule has 4 rings (SSSR count). The molecular formula is C20H31N7O2. The van der Waals surface area contributed by atoms with Gasteiger partial charge in [-0.25, -0.2) is 0 Å². The van der Waals surface area contributed by atoms with Crippen molar-refractivity contribution < 1.29 is 9.53 Å². The molecule has 0 aromatic carbocycles. The highest BCUT2D eigenvalue weighted by molar-refractivity contribution is 5.76. The zero-order valence-corrected chi connectivity index (χ0v) is 17.8. The number of amides is 1. The summed E-state index contributed by atoms with van der Waals surface area (Å²) in [4.78, 5) is 18.6. The Balaban J connectivity index is 1.34. The molecular weight excluding hydrogens is 370 g/mol. The van der Waals surface area contributed by atoms with E-state index in [4.69, 9.17) is 9.84 Å². The number of nitrogens with zero attached hydrogens (tertiary/aromatic N) is 7. The van der Waals surface area contributed by atoms with E-state index in [1.54, 1.807) is 0 Å². The number of ether oxygens (including phenoxy) is 1. The first-order valence-electron chi connectivity index (χ1n) is 10.4. The first-order valence-corrected chi connectivity index (χ1v) is 10.4. The van der Waals surface area contributed by atoms with Gasteiger partial charge in [-0.15, -0.1) is 15.3 Å². The van der Waals surface area contributed by atoms with Crippen molar-refractivity contribution >= 4 is 17.4 Å². The Morgan fingerprint density at radius 3 is 2.76 bits per heavy atom. The van der Waals surface area contributed by atoms with Gasteiger partial charge in [0.15, 0.2) is 11.5 Å². The maximum absolute atomic E-state index is 12.1. The topological polar surface area (TPSA) is 79.1 Å². The van der Waals surface area contributed by atoms with E-state index in [9.17, 15) is 4.79 Å². The number of aromatic nitrogens is 4. The Morgan fingerprint density at radius 2 is 2.00 bits per heavy atom. The molecule has 2 aliphatic rings. The molecule has 0 N–H and O–H groups in total. The van der Waals surface area contributed by atoms with Crippen LogP contribution in [0.25, 0.3) is 5.65 Å². The molecule has 29 heavy (non-hydrogen) atoms. The molecule has 0 saturated carbocycles. The van der Waals surface area contributed by atoms with Crippen molar-refractivity contribution in [1.82, 2.24) is 29.6 Å². The Morgan fingerprint density at radius 1 is 1.21 bits per heavy atom. The summed E-state index contributed by atoms with van der Waals surface area (Å²) in [7, 11) is 2.13. The van der Waals surface area contributed by atoms with Gasteiger partial charge in [0.2, 0.25) is 5.91 Å². The van der Waals surface area contributed by atoms with E-state index in [0.717, 1.165) is 43.5 Å². The maximum atomic E-state index is 12.1. The molecule has 9 nitrogen and oxygen atoms in total. The van der Waals surface area contributed by atoms with Gasteiger partial charge in [0.25, 0.3) is 0 Å². The van der Waals surface area contributed by atoms with Gasteiger partial charge in [-0.1, -0.05) is 20.8 Å². The number of hydrogen-bond donors (Lipinski definition) is 0. The van der Waals surface area contributed by atoms with Crippen molar-refractivity contribution in [2.24, 2.45) is 0 Å². The summed E-state index contributed by atoms with van der Waals surface area (Å²) >= 11 is 0. The van der Waals surface area contributed by atoms with E-state index < -0.39 is 0 Å². The minimum Gasteiger partial charge on any atom is -0.379 e. The molecule has 0 spiro atoms. The molecule has 2 aromatic heterocycles. The monoisotopic (exact) mass is 401 g/mol. The van der Waals surface area contributed by atoms with E-state index in [0.29, 0.717) is 32.2 Å². The average Bonchev–Trinajstić information content (AvgIpc) is 2.95. The zero-order chi connectivity index (χ0) is 20.6. The van der Waals surface area contributed by atoms with E-state index in [1.165, 1.54) is 0 Å². The highest BCUT2D eigenvalue weighted by atomic mass is 16.5. The molecule has 4 heterocycles. The summed E-state index contributed by atoms with van der Waals surface area (Å²) in [5.41, 5.74) is 0.664. The molecule has 2 fully saturated rings. The van der Waals surface area contributed by atoms with Crippen LogP contribution < -0.4 is 4.90 Å². The van der Waals surface area contributed by atoms with Gasteiger partial charge in [0.05, 0.1) is 19.6 Å². The third-order valence-corrected chi connectivity index (χ3v) is 5.77. The highest BCUT2D eigenvalue weighted by Crippen LogP contribution is 2.24. The Hall–Kier alpha value is -2.26. The van der Waals surface area contributed by atoms with Gasteiger partial charge >= 0.3 is 0 Å². The van der Waals surface area contributed by atoms with E-state index >= 15 is 0 Å². The molecule has 0 aliphatic carbocycles. The Bertz CT molecular complexity index is 869. The van der Waals surface area contributed by atoms with Crippen LogP contribution >= 0.6 is 0 Å². The molecule has 2 saturated heterocycles. The van der Waals surface area contributed by atoms with Crippen molar-refractivity contribution in [3.63, 3.8) is 0 Å². The number of carbonyl (C=O) groups is 1. The summed E-state index contributed by atoms with van der Waals surface area (Å²) in [6.07, 6.45) is 0.495. The highest BCUT2D eigenvalue weighted by Gasteiger charge is 2.32. The second-order valence-electron chi connectivity index (χ2n) is 9.02. The van der Waals surface area contributed by atoms with Gasteiger partial charge in [-0.2, -0.15) is 4.52 Å². The predicted molar refractivity (Wildman–Crippen MR) is 110 cm³/mol. The van der Waals surface area contributed by atoms with Crippen molar-refractivity contribution in [1.29, 1.82) is 0 Å². The van der Waals surface area contributed by atoms with Crippen LogP contribution in [0, 0.1) is 0 Å². The smallest absolute Gasteiger partial charge is 0.225 e. The summed E-state index contributed by atoms with van der Waals surface area (Å²) < 4.78 is 7.26. The van der Waals surface area contributed by atoms with Crippen molar-refractivity contribution in [2.75, 3.05) is 57.9 Å². The number of fused-ring (bicyclic) bond motifs is 1. The normalized spacial score (nSPS) is 19.1. The van der Waals surface area contributed by atoms with Crippen molar-refractivity contribution in [3.05, 3.63) is 18.0 Å². The third kappa shape index (κ3) is 4.20. The number of carbonyl (C=O) groups excluding carboxylic acids is 1. The Labute approximate surface area is 171 Å². The number of likely N-dealkylation sites (N-methyl/N-ethyl adjacent to an activating group) is 1. The summed E-state index contributed by atoms with van der Waals surface area (Å²) in [6, 6.07) is 4.46. The molecule has 0 unspecified atom stereocenters. The SMILES string of the molecule is CN(CCN1CCOCCC1=O)C1CN(c2ccc3nnc(C(C)(C)C)n3n2)C1. The van der Waals surface area contributed by atoms with E-state index in [1.807, 2.05) is 21.5 Å². The fourth-order valence-electron chi connectivity index (χ4n) is 3.75. The lowest BCUT2D eigenvalue weighted by atomic mass is 9.96. The van der Waals surface area contributed by atoms with Crippen LogP contribution in [0.1, 0.15) is 33.0 Å². The van der Waals surface area contributed by atoms with Crippen LogP contribution in [-0.4, -0.2) is 94.5 Å². The molecule has 158 valence electrons. The van der Waals surface area contributed by atoms with Crippen LogP contribution in [0.2, 0.25) is 0 Å². The van der Waals surface area contributed by atoms with Crippen LogP contribution in [-0.2, 0) is 14.9 Å². The molecule has 1 amide bonds. The quantitative estimate of drug-likeness (QED) is 0.733. The van der Waals surface area contributed by atoms with Gasteiger partial charge in [-0.05, 0) is 19.2 Å². The fraction of sp³-hybridized carbons (Fsp3) is 0.700. The lowest BCUT2D eigenvalue weighted by molar-refractivity contribution is -0.130. The molecule has 0 atom stereocenters. The lowest BCUT2D eigenvalue weighted by Gasteiger charge is -2.45. The number of rotatable bonds is 5. The van der Waals surface area contributed by atoms with Crippen LogP contribution in [0.3, 0.4) is 0 Å². The van der Waals surface area contributed by atoms with Gasteiger partial charge in [0.1, 0.15) is 5.82 Å². The van der Waals surface area contributed by atoms with Crippen molar-refractivity contribution in [2.45, 2.75) is 38.6 Å². The molecule has 9 heteroatoms. The molecule has 0 bridgehead atoms. The van der Waals surface area contributed by atoms with Gasteiger partial charge in [0, 0.05) is 44.2 Å². The van der Waals surface area contributed by atoms with Crippen molar-refractivity contribution in [3.8, 4) is 0 Å². The Kier molecular flexibility index (Phi) is 5.44. The minimum absolute atomic E-state index is 0.113. The third-order valence-electron chi connectivity index (χ3n) is 5.77. The van der Waals surface area contributed by atoms with Crippen LogP contribution in [0.15, 0.2) is 12.1 Å². The molecule has 2 aliphatic heterocycles. The van der Waals surface area contributed by atoms with E-state index in [-0.39, 0.29) is 11.3 Å². The summed E-state index contributed by atoms with van der Waals surface area (Å²) in [6.45, 7) is 11.7. The zero-order valence-electron chi connectivity index (χ0n) is 17.8. The standard InChI is InChI=1S/C20H31N7O2/c1-20(2,3)19-22-21-16-5-6-17(23-27(16)19)26-13-15(14-26)24(4)8-9-25-10-12-29-11-7-18(25)28/h5-6,15H,7-14H2,1-4H3. The largest absolute Gasteiger partial charge is 0.379 e. The lowest BCUT2D eigenvalue weighted by Crippen LogP contribution is -2.59. The number of anilines is 1. The number of hydrogen-bond acceptors (Lipinski definition) is 7. The van der Waals surface area contributed by atoms with Crippen LogP contribution in [0.4, 0.5) is 5.82 Å². The van der Waals surface area contributed by atoms with Gasteiger partial charge < -0.3 is 14.5 Å². The van der Waals surface area contributed by atoms with E-state index in [2.05, 4.69) is 47.8 Å². The minimum atomic E-state index is -0.113. The summed E-state index contributed by atoms with van der Waals surface area (Å²) in [5, 5.41) is 13.3. The van der Waals surface area contributed by atoms with Gasteiger partial charge in [-0.3, -0.25) is 9.69 Å². The fourth-order valence-corrected chi connectivity index (χ4v) is 3.75. The average molecular weight is 402 g/mol. The maximum Gasteiger partial charge on any atom is 0.225 e. The molecule has 0 radical (unpaired) electrons. The molecule has 2 aromatic rings. The predicted octanol–water partition coefficient (Wildman–Crippen LogP) is 0.791. The second kappa shape index (κ2) is 7.87. The summed E-state index contributed by atoms with van der Waals surface area (Å²) in [5.74, 6) is 2.02. The second-order valence-corrected chi connectivity index (χ2v) is 9.02. The first kappa shape index (κ1) is 20.0.